The summed E-state index contributed by atoms with van der Waals surface area (Å²) in [6, 6.07) is 7.07. The van der Waals surface area contributed by atoms with Crippen LogP contribution in [-0.2, 0) is 14.9 Å². The molecule has 2 fully saturated rings. The van der Waals surface area contributed by atoms with Gasteiger partial charge in [-0.1, -0.05) is 25.0 Å². The van der Waals surface area contributed by atoms with Gasteiger partial charge in [-0.2, -0.15) is 0 Å². The zero-order valence-corrected chi connectivity index (χ0v) is 17.3. The van der Waals surface area contributed by atoms with Crippen molar-refractivity contribution in [1.82, 2.24) is 10.2 Å². The molecule has 156 valence electrons. The fourth-order valence-corrected chi connectivity index (χ4v) is 4.56. The summed E-state index contributed by atoms with van der Waals surface area (Å²) in [5, 5.41) is 3.63. The first-order valence-corrected chi connectivity index (χ1v) is 10.5. The molecule has 0 amide bonds. The molecule has 0 bridgehead atoms. The van der Waals surface area contributed by atoms with E-state index >= 15 is 0 Å². The molecule has 5 nitrogen and oxygen atoms in total. The van der Waals surface area contributed by atoms with E-state index in [1.54, 1.807) is 19.2 Å². The summed E-state index contributed by atoms with van der Waals surface area (Å²) in [6.45, 7) is 4.89. The first-order chi connectivity index (χ1) is 13.7. The van der Waals surface area contributed by atoms with E-state index in [0.717, 1.165) is 51.5 Å². The highest BCUT2D eigenvalue weighted by Gasteiger charge is 2.36. The number of hydrogen-bond acceptors (Lipinski definition) is 3. The van der Waals surface area contributed by atoms with Crippen molar-refractivity contribution in [2.24, 2.45) is 10.9 Å². The smallest absolute Gasteiger partial charge is 0.193 e. The van der Waals surface area contributed by atoms with Gasteiger partial charge in [0.15, 0.2) is 5.96 Å². The van der Waals surface area contributed by atoms with Gasteiger partial charge >= 0.3 is 0 Å². The third-order valence-corrected chi connectivity index (χ3v) is 6.18. The van der Waals surface area contributed by atoms with Gasteiger partial charge in [-0.25, -0.2) is 4.39 Å². The SMILES string of the molecule is CN=C(NCC1(c2ccc(F)cc2)CCCC1)N1CCC(COCCOC)C1. The van der Waals surface area contributed by atoms with E-state index in [1.165, 1.54) is 18.4 Å². The van der Waals surface area contributed by atoms with Crippen molar-refractivity contribution >= 4 is 5.96 Å². The molecule has 0 spiro atoms. The summed E-state index contributed by atoms with van der Waals surface area (Å²) in [7, 11) is 3.54. The standard InChI is InChI=1S/C22H34FN3O2/c1-24-21(26-12-9-18(15-26)16-28-14-13-27-2)25-17-22(10-3-4-11-22)19-5-7-20(23)8-6-19/h5-8,18H,3-4,9-17H2,1-2H3,(H,24,25). The molecule has 1 aromatic carbocycles. The molecular formula is C22H34FN3O2. The van der Waals surface area contributed by atoms with Crippen molar-refractivity contribution in [3.63, 3.8) is 0 Å². The number of guanidine groups is 1. The van der Waals surface area contributed by atoms with Crippen LogP contribution in [0.25, 0.3) is 0 Å². The predicted molar refractivity (Wildman–Crippen MR) is 110 cm³/mol. The summed E-state index contributed by atoms with van der Waals surface area (Å²) in [5.74, 6) is 1.33. The zero-order valence-electron chi connectivity index (χ0n) is 17.3. The summed E-state index contributed by atoms with van der Waals surface area (Å²) < 4.78 is 24.1. The Balaban J connectivity index is 1.55. The zero-order chi connectivity index (χ0) is 19.8. The van der Waals surface area contributed by atoms with Gasteiger partial charge in [0.05, 0.1) is 19.8 Å². The average molecular weight is 392 g/mol. The Morgan fingerprint density at radius 1 is 1.25 bits per heavy atom. The highest BCUT2D eigenvalue weighted by molar-refractivity contribution is 5.80. The lowest BCUT2D eigenvalue weighted by Crippen LogP contribution is -2.46. The van der Waals surface area contributed by atoms with Gasteiger partial charge in [-0.15, -0.1) is 0 Å². The Kier molecular flexibility index (Phi) is 7.68. The van der Waals surface area contributed by atoms with E-state index in [0.29, 0.717) is 19.1 Å². The van der Waals surface area contributed by atoms with Crippen LogP contribution in [0.2, 0.25) is 0 Å². The average Bonchev–Trinajstić information content (AvgIpc) is 3.37. The molecule has 1 unspecified atom stereocenters. The van der Waals surface area contributed by atoms with Gasteiger partial charge in [0.1, 0.15) is 5.82 Å². The molecule has 1 saturated heterocycles. The molecule has 28 heavy (non-hydrogen) atoms. The van der Waals surface area contributed by atoms with Crippen molar-refractivity contribution < 1.29 is 13.9 Å². The third kappa shape index (κ3) is 5.23. The molecule has 1 aromatic rings. The highest BCUT2D eigenvalue weighted by atomic mass is 19.1. The largest absolute Gasteiger partial charge is 0.382 e. The quantitative estimate of drug-likeness (QED) is 0.420. The summed E-state index contributed by atoms with van der Waals surface area (Å²) in [4.78, 5) is 6.86. The topological polar surface area (TPSA) is 46.1 Å². The Morgan fingerprint density at radius 3 is 2.68 bits per heavy atom. The Bertz CT molecular complexity index is 629. The molecule has 1 heterocycles. The molecule has 1 aliphatic carbocycles. The molecule has 2 aliphatic rings. The maximum absolute atomic E-state index is 13.4. The van der Waals surface area contributed by atoms with Crippen molar-refractivity contribution in [2.45, 2.75) is 37.5 Å². The van der Waals surface area contributed by atoms with Gasteiger partial charge in [0.2, 0.25) is 0 Å². The highest BCUT2D eigenvalue weighted by Crippen LogP contribution is 2.40. The van der Waals surface area contributed by atoms with Gasteiger partial charge in [0, 0.05) is 45.1 Å². The van der Waals surface area contributed by atoms with Crippen LogP contribution in [0.3, 0.4) is 0 Å². The number of rotatable bonds is 8. The second kappa shape index (κ2) is 10.2. The first kappa shape index (κ1) is 21.1. The van der Waals surface area contributed by atoms with E-state index in [-0.39, 0.29) is 11.2 Å². The fraction of sp³-hybridized carbons (Fsp3) is 0.682. The monoisotopic (exact) mass is 391 g/mol. The minimum absolute atomic E-state index is 0.0754. The number of halogens is 1. The molecule has 1 atom stereocenters. The number of benzene rings is 1. The van der Waals surface area contributed by atoms with E-state index in [9.17, 15) is 4.39 Å². The first-order valence-electron chi connectivity index (χ1n) is 10.5. The van der Waals surface area contributed by atoms with E-state index in [4.69, 9.17) is 9.47 Å². The molecule has 0 radical (unpaired) electrons. The van der Waals surface area contributed by atoms with Crippen LogP contribution in [0.15, 0.2) is 29.3 Å². The van der Waals surface area contributed by atoms with Gasteiger partial charge < -0.3 is 19.7 Å². The lowest BCUT2D eigenvalue weighted by atomic mass is 9.79. The molecule has 0 aromatic heterocycles. The van der Waals surface area contributed by atoms with Gasteiger partial charge in [-0.3, -0.25) is 4.99 Å². The Morgan fingerprint density at radius 2 is 2.00 bits per heavy atom. The molecule has 6 heteroatoms. The lowest BCUT2D eigenvalue weighted by molar-refractivity contribution is 0.0536. The second-order valence-electron chi connectivity index (χ2n) is 8.06. The second-order valence-corrected chi connectivity index (χ2v) is 8.06. The summed E-state index contributed by atoms with van der Waals surface area (Å²) in [5.41, 5.74) is 1.31. The van der Waals surface area contributed by atoms with Crippen LogP contribution < -0.4 is 5.32 Å². The number of likely N-dealkylation sites (tertiary alicyclic amines) is 1. The Hall–Kier alpha value is -1.66. The number of aliphatic imine (C=N–C) groups is 1. The Labute approximate surface area is 168 Å². The van der Waals surface area contributed by atoms with Crippen molar-refractivity contribution in [2.75, 3.05) is 53.6 Å². The number of methoxy groups -OCH3 is 1. The maximum atomic E-state index is 13.4. The number of hydrogen-bond donors (Lipinski definition) is 1. The van der Waals surface area contributed by atoms with Gasteiger partial charge in [-0.05, 0) is 37.0 Å². The van der Waals surface area contributed by atoms with Crippen molar-refractivity contribution in [3.05, 3.63) is 35.6 Å². The normalized spacial score (nSPS) is 22.0. The van der Waals surface area contributed by atoms with Crippen LogP contribution in [-0.4, -0.2) is 64.5 Å². The molecule has 1 saturated carbocycles. The lowest BCUT2D eigenvalue weighted by Gasteiger charge is -2.32. The number of nitrogens with one attached hydrogen (secondary N) is 1. The minimum atomic E-state index is -0.170. The van der Waals surface area contributed by atoms with E-state index in [1.807, 2.05) is 19.2 Å². The third-order valence-electron chi connectivity index (χ3n) is 6.18. The number of nitrogens with zero attached hydrogens (tertiary/aromatic N) is 2. The molecular weight excluding hydrogens is 357 g/mol. The molecule has 3 rings (SSSR count). The van der Waals surface area contributed by atoms with Crippen molar-refractivity contribution in [1.29, 1.82) is 0 Å². The number of ether oxygens (including phenoxy) is 2. The molecule has 1 aliphatic heterocycles. The van der Waals surface area contributed by atoms with E-state index < -0.39 is 0 Å². The van der Waals surface area contributed by atoms with Gasteiger partial charge in [0.25, 0.3) is 0 Å². The van der Waals surface area contributed by atoms with Crippen LogP contribution in [0.1, 0.15) is 37.7 Å². The summed E-state index contributed by atoms with van der Waals surface area (Å²) in [6.07, 6.45) is 5.85. The fourth-order valence-electron chi connectivity index (χ4n) is 4.56. The molecule has 1 N–H and O–H groups in total. The van der Waals surface area contributed by atoms with Crippen molar-refractivity contribution in [3.8, 4) is 0 Å². The van der Waals surface area contributed by atoms with E-state index in [2.05, 4.69) is 15.2 Å². The van der Waals surface area contributed by atoms with Crippen LogP contribution in [0, 0.1) is 11.7 Å². The van der Waals surface area contributed by atoms with Crippen LogP contribution in [0.4, 0.5) is 4.39 Å². The minimum Gasteiger partial charge on any atom is -0.382 e. The predicted octanol–water partition coefficient (Wildman–Crippen LogP) is 3.20. The summed E-state index contributed by atoms with van der Waals surface area (Å²) >= 11 is 0. The van der Waals surface area contributed by atoms with Crippen LogP contribution in [0.5, 0.6) is 0 Å². The van der Waals surface area contributed by atoms with Crippen LogP contribution >= 0.6 is 0 Å². The maximum Gasteiger partial charge on any atom is 0.193 e.